The van der Waals surface area contributed by atoms with Crippen molar-refractivity contribution in [3.63, 3.8) is 0 Å². The van der Waals surface area contributed by atoms with Crippen LogP contribution in [0.25, 0.3) is 10.9 Å². The largest absolute Gasteiger partial charge is 0.497 e. The number of likely N-dealkylation sites (tertiary alicyclic amines) is 1. The number of hydrogen-bond acceptors (Lipinski definition) is 5. The third-order valence-corrected chi connectivity index (χ3v) is 8.28. The predicted octanol–water partition coefficient (Wildman–Crippen LogP) is 4.40. The van der Waals surface area contributed by atoms with Crippen molar-refractivity contribution in [2.24, 2.45) is 12.8 Å². The van der Waals surface area contributed by atoms with E-state index >= 15 is 0 Å². The summed E-state index contributed by atoms with van der Waals surface area (Å²) in [6.45, 7) is 0.333. The van der Waals surface area contributed by atoms with Crippen LogP contribution in [0, 0.1) is 0 Å². The molecule has 3 aromatic carbocycles. The fourth-order valence-electron chi connectivity index (χ4n) is 6.22. The molecule has 3 amide bonds. The lowest BCUT2D eigenvalue weighted by molar-refractivity contribution is -0.147. The standard InChI is InChI=1S/C33H36N4O5/c1-36-21-23(27-7-4-5-8-28(27)36)11-18-29(38)37-20-6-19-33(37,32(34)40)30(22-9-14-25(41-2)15-10-22)31(39)35-24-12-16-26(42-3)17-13-24/h4-5,7-10,12-17,21,30H,6,11,18-20H2,1-3H3,(H2,34,40)(H,35,39)/t30-,33?/m1/s1. The normalized spacial score (nSPS) is 17.2. The van der Waals surface area contributed by atoms with E-state index in [4.69, 9.17) is 15.2 Å². The average molecular weight is 569 g/mol. The zero-order chi connectivity index (χ0) is 29.9. The summed E-state index contributed by atoms with van der Waals surface area (Å²) in [5.74, 6) is -1.15. The quantitative estimate of drug-likeness (QED) is 0.294. The molecule has 1 aromatic heterocycles. The maximum absolute atomic E-state index is 14.1. The number of aromatic nitrogens is 1. The Hall–Kier alpha value is -4.79. The van der Waals surface area contributed by atoms with Gasteiger partial charge in [-0.2, -0.15) is 0 Å². The molecule has 1 unspecified atom stereocenters. The number of fused-ring (bicyclic) bond motifs is 1. The minimum Gasteiger partial charge on any atom is -0.497 e. The van der Waals surface area contributed by atoms with E-state index in [2.05, 4.69) is 5.32 Å². The van der Waals surface area contributed by atoms with Crippen LogP contribution in [0.5, 0.6) is 11.5 Å². The summed E-state index contributed by atoms with van der Waals surface area (Å²) in [7, 11) is 5.10. The second-order valence-corrected chi connectivity index (χ2v) is 10.6. The second-order valence-electron chi connectivity index (χ2n) is 10.6. The van der Waals surface area contributed by atoms with E-state index in [1.54, 1.807) is 67.7 Å². The molecule has 9 heteroatoms. The van der Waals surface area contributed by atoms with Crippen molar-refractivity contribution in [3.8, 4) is 11.5 Å². The molecule has 1 fully saturated rings. The van der Waals surface area contributed by atoms with Gasteiger partial charge in [-0.25, -0.2) is 0 Å². The SMILES string of the molecule is COc1ccc(NC(=O)[C@@H](c2ccc(OC)cc2)C2(C(N)=O)CCCN2C(=O)CCc2cn(C)c3ccccc23)cc1. The lowest BCUT2D eigenvalue weighted by Gasteiger charge is -2.41. The number of nitrogens with one attached hydrogen (secondary N) is 1. The molecular weight excluding hydrogens is 532 g/mol. The zero-order valence-corrected chi connectivity index (χ0v) is 24.1. The van der Waals surface area contributed by atoms with E-state index in [9.17, 15) is 14.4 Å². The van der Waals surface area contributed by atoms with Crippen LogP contribution >= 0.6 is 0 Å². The maximum atomic E-state index is 14.1. The van der Waals surface area contributed by atoms with E-state index in [0.717, 1.165) is 16.5 Å². The Morgan fingerprint density at radius 3 is 2.24 bits per heavy atom. The molecule has 42 heavy (non-hydrogen) atoms. The van der Waals surface area contributed by atoms with Crippen LogP contribution in [0.2, 0.25) is 0 Å². The third kappa shape index (κ3) is 5.30. The molecule has 218 valence electrons. The third-order valence-electron chi connectivity index (χ3n) is 8.28. The highest BCUT2D eigenvalue weighted by Gasteiger charge is 2.56. The number of nitrogens with zero attached hydrogens (tertiary/aromatic N) is 2. The van der Waals surface area contributed by atoms with Gasteiger partial charge in [-0.05, 0) is 72.9 Å². The van der Waals surface area contributed by atoms with Crippen molar-refractivity contribution < 1.29 is 23.9 Å². The van der Waals surface area contributed by atoms with Crippen LogP contribution in [0.1, 0.15) is 36.3 Å². The summed E-state index contributed by atoms with van der Waals surface area (Å²) in [6.07, 6.45) is 3.53. The molecule has 0 bridgehead atoms. The average Bonchev–Trinajstić information content (AvgIpc) is 3.59. The van der Waals surface area contributed by atoms with Crippen LogP contribution < -0.4 is 20.5 Å². The number of para-hydroxylation sites is 1. The number of carbonyl (C=O) groups excluding carboxylic acids is 3. The lowest BCUT2D eigenvalue weighted by Crippen LogP contribution is -2.61. The van der Waals surface area contributed by atoms with E-state index in [1.807, 2.05) is 42.1 Å². The van der Waals surface area contributed by atoms with Crippen molar-refractivity contribution >= 4 is 34.3 Å². The number of aryl methyl sites for hydroxylation is 2. The summed E-state index contributed by atoms with van der Waals surface area (Å²) in [5, 5.41) is 4.03. The molecule has 9 nitrogen and oxygen atoms in total. The molecule has 0 radical (unpaired) electrons. The van der Waals surface area contributed by atoms with Gasteiger partial charge in [0.2, 0.25) is 17.7 Å². The summed E-state index contributed by atoms with van der Waals surface area (Å²) in [6, 6.07) is 21.9. The number of hydrogen-bond donors (Lipinski definition) is 2. The first-order chi connectivity index (χ1) is 20.3. The Morgan fingerprint density at radius 1 is 0.952 bits per heavy atom. The van der Waals surface area contributed by atoms with Crippen molar-refractivity contribution in [1.29, 1.82) is 0 Å². The number of benzene rings is 3. The summed E-state index contributed by atoms with van der Waals surface area (Å²) >= 11 is 0. The number of amides is 3. The van der Waals surface area contributed by atoms with E-state index in [1.165, 1.54) is 0 Å². The molecule has 4 aromatic rings. The van der Waals surface area contributed by atoms with Crippen LogP contribution in [0.15, 0.2) is 79.0 Å². The zero-order valence-electron chi connectivity index (χ0n) is 24.1. The van der Waals surface area contributed by atoms with Gasteiger partial charge >= 0.3 is 0 Å². The molecule has 3 N–H and O–H groups in total. The molecule has 0 saturated carbocycles. The first-order valence-corrected chi connectivity index (χ1v) is 14.0. The van der Waals surface area contributed by atoms with Crippen molar-refractivity contribution in [1.82, 2.24) is 9.47 Å². The van der Waals surface area contributed by atoms with Gasteiger partial charge in [0.1, 0.15) is 17.0 Å². The fraction of sp³-hybridized carbons (Fsp3) is 0.303. The van der Waals surface area contributed by atoms with Crippen LogP contribution in [-0.2, 0) is 27.9 Å². The smallest absolute Gasteiger partial charge is 0.244 e. The molecule has 1 aliphatic heterocycles. The van der Waals surface area contributed by atoms with Crippen LogP contribution in [-0.4, -0.2) is 53.5 Å². The second kappa shape index (κ2) is 12.0. The van der Waals surface area contributed by atoms with Gasteiger partial charge in [0.05, 0.1) is 20.1 Å². The monoisotopic (exact) mass is 568 g/mol. The van der Waals surface area contributed by atoms with E-state index in [0.29, 0.717) is 42.1 Å². The van der Waals surface area contributed by atoms with Crippen LogP contribution in [0.4, 0.5) is 5.69 Å². The maximum Gasteiger partial charge on any atom is 0.244 e. The number of methoxy groups -OCH3 is 2. The predicted molar refractivity (Wildman–Crippen MR) is 161 cm³/mol. The summed E-state index contributed by atoms with van der Waals surface area (Å²) < 4.78 is 12.6. The number of nitrogens with two attached hydrogens (primary N) is 1. The van der Waals surface area contributed by atoms with Crippen molar-refractivity contribution in [2.75, 3.05) is 26.1 Å². The molecule has 2 heterocycles. The minimum atomic E-state index is -1.54. The van der Waals surface area contributed by atoms with Gasteiger partial charge < -0.3 is 30.0 Å². The molecule has 5 rings (SSSR count). The van der Waals surface area contributed by atoms with E-state index in [-0.39, 0.29) is 18.7 Å². The molecular formula is C33H36N4O5. The Bertz CT molecular complexity index is 1600. The first kappa shape index (κ1) is 28.7. The molecule has 0 spiro atoms. The van der Waals surface area contributed by atoms with Gasteiger partial charge in [0.25, 0.3) is 0 Å². The highest BCUT2D eigenvalue weighted by molar-refractivity contribution is 6.04. The number of anilines is 1. The summed E-state index contributed by atoms with van der Waals surface area (Å²) in [5.41, 5.74) is 7.84. The van der Waals surface area contributed by atoms with Crippen molar-refractivity contribution in [2.45, 2.75) is 37.1 Å². The summed E-state index contributed by atoms with van der Waals surface area (Å²) in [4.78, 5) is 43.0. The molecule has 1 aliphatic rings. The Balaban J connectivity index is 1.49. The van der Waals surface area contributed by atoms with Crippen molar-refractivity contribution in [3.05, 3.63) is 90.1 Å². The highest BCUT2D eigenvalue weighted by Crippen LogP contribution is 2.43. The van der Waals surface area contributed by atoms with Gasteiger partial charge in [0.15, 0.2) is 0 Å². The van der Waals surface area contributed by atoms with Gasteiger partial charge in [-0.15, -0.1) is 0 Å². The fourth-order valence-corrected chi connectivity index (χ4v) is 6.22. The minimum absolute atomic E-state index is 0.179. The number of ether oxygens (including phenoxy) is 2. The lowest BCUT2D eigenvalue weighted by atomic mass is 9.75. The molecule has 0 aliphatic carbocycles. The number of primary amides is 1. The Morgan fingerprint density at radius 2 is 1.60 bits per heavy atom. The topological polar surface area (TPSA) is 116 Å². The Kier molecular flexibility index (Phi) is 8.20. The van der Waals surface area contributed by atoms with Gasteiger partial charge in [0, 0.05) is 42.8 Å². The van der Waals surface area contributed by atoms with Gasteiger partial charge in [-0.3, -0.25) is 14.4 Å². The molecule has 1 saturated heterocycles. The number of rotatable bonds is 10. The molecule has 2 atom stereocenters. The van der Waals surface area contributed by atoms with Gasteiger partial charge in [-0.1, -0.05) is 30.3 Å². The number of carbonyl (C=O) groups is 3. The van der Waals surface area contributed by atoms with E-state index < -0.39 is 23.3 Å². The Labute approximate surface area is 245 Å². The van der Waals surface area contributed by atoms with Crippen LogP contribution in [0.3, 0.4) is 0 Å². The highest BCUT2D eigenvalue weighted by atomic mass is 16.5. The first-order valence-electron chi connectivity index (χ1n) is 14.0.